The maximum atomic E-state index is 13.2. The molecular weight excluding hydrogens is 482 g/mol. The lowest BCUT2D eigenvalue weighted by Crippen LogP contribution is -2.51. The molecule has 2 aromatic heterocycles. The lowest BCUT2D eigenvalue weighted by molar-refractivity contribution is -0.127. The van der Waals surface area contributed by atoms with E-state index in [1.165, 1.54) is 27.6 Å². The van der Waals surface area contributed by atoms with E-state index < -0.39 is 18.2 Å². The summed E-state index contributed by atoms with van der Waals surface area (Å²) in [4.78, 5) is 51.8. The summed E-state index contributed by atoms with van der Waals surface area (Å²) < 4.78 is 11.5. The number of carbonyl (C=O) groups excluding carboxylic acids is 3. The van der Waals surface area contributed by atoms with Crippen LogP contribution in [0.5, 0.6) is 0 Å². The molecule has 2 aromatic rings. The topological polar surface area (TPSA) is 105 Å². The number of nitrogens with zero attached hydrogens (tertiary/aromatic N) is 5. The molecular formula is C22H20ClN5O5S. The number of rotatable bonds is 3. The summed E-state index contributed by atoms with van der Waals surface area (Å²) in [7, 11) is 0. The van der Waals surface area contributed by atoms with E-state index in [1.807, 2.05) is 0 Å². The number of piperazine rings is 1. The van der Waals surface area contributed by atoms with Crippen molar-refractivity contribution in [3.8, 4) is 0 Å². The number of aromatic nitrogens is 2. The van der Waals surface area contributed by atoms with Crippen LogP contribution in [0, 0.1) is 0 Å². The lowest BCUT2D eigenvalue weighted by Gasteiger charge is -2.35. The summed E-state index contributed by atoms with van der Waals surface area (Å²) in [5.74, 6) is 0.442. The van der Waals surface area contributed by atoms with Crippen molar-refractivity contribution in [1.82, 2.24) is 19.8 Å². The molecule has 0 aliphatic carbocycles. The molecule has 34 heavy (non-hydrogen) atoms. The number of amides is 3. The van der Waals surface area contributed by atoms with Crippen molar-refractivity contribution in [3.05, 3.63) is 52.7 Å². The third-order valence-corrected chi connectivity index (χ3v) is 6.95. The van der Waals surface area contributed by atoms with Crippen LogP contribution in [0.25, 0.3) is 11.0 Å². The van der Waals surface area contributed by atoms with E-state index in [1.54, 1.807) is 29.2 Å². The fourth-order valence-electron chi connectivity index (χ4n) is 3.95. The molecule has 176 valence electrons. The van der Waals surface area contributed by atoms with Crippen molar-refractivity contribution in [3.63, 3.8) is 0 Å². The predicted molar refractivity (Wildman–Crippen MR) is 126 cm³/mol. The van der Waals surface area contributed by atoms with Gasteiger partial charge in [0.1, 0.15) is 11.0 Å². The summed E-state index contributed by atoms with van der Waals surface area (Å²) in [5, 5.41) is 1.03. The van der Waals surface area contributed by atoms with Crippen molar-refractivity contribution in [2.45, 2.75) is 6.23 Å². The standard InChI is InChI=1S/C22H20ClN5O5S/c1-2-16(29)26-7-9-27(10-8-26)22(31)33-21-18-17(32-11-12-34-18)20(30)28(21)15-6-4-13-3-5-14(23)24-19(13)25-15/h2-6,21H,1,7-12H2. The summed E-state index contributed by atoms with van der Waals surface area (Å²) >= 11 is 7.43. The fourth-order valence-corrected chi connectivity index (χ4v) is 5.06. The molecule has 0 aromatic carbocycles. The van der Waals surface area contributed by atoms with E-state index in [-0.39, 0.29) is 22.6 Å². The SMILES string of the molecule is C=CC(=O)N1CCN(C(=O)OC2C3=C(OCCS3)C(=O)N2c2ccc3ccc(Cl)nc3n2)CC1. The quantitative estimate of drug-likeness (QED) is 0.466. The molecule has 0 N–H and O–H groups in total. The number of ether oxygens (including phenoxy) is 2. The number of halogens is 1. The average Bonchev–Trinajstić information content (AvgIpc) is 3.14. The van der Waals surface area contributed by atoms with Gasteiger partial charge in [0.05, 0.1) is 11.5 Å². The summed E-state index contributed by atoms with van der Waals surface area (Å²) in [6.45, 7) is 5.24. The predicted octanol–water partition coefficient (Wildman–Crippen LogP) is 2.40. The Bertz CT molecular complexity index is 1230. The van der Waals surface area contributed by atoms with Gasteiger partial charge in [-0.25, -0.2) is 19.7 Å². The Morgan fingerprint density at radius 1 is 1.15 bits per heavy atom. The number of thioether (sulfide) groups is 1. The zero-order chi connectivity index (χ0) is 23.8. The second-order valence-corrected chi connectivity index (χ2v) is 9.19. The summed E-state index contributed by atoms with van der Waals surface area (Å²) in [5.41, 5.74) is 0.365. The maximum Gasteiger partial charge on any atom is 0.412 e. The third-order valence-electron chi connectivity index (χ3n) is 5.67. The van der Waals surface area contributed by atoms with E-state index in [2.05, 4.69) is 16.5 Å². The number of anilines is 1. The highest BCUT2D eigenvalue weighted by molar-refractivity contribution is 8.03. The van der Waals surface area contributed by atoms with Crippen molar-refractivity contribution >= 4 is 58.1 Å². The van der Waals surface area contributed by atoms with Gasteiger partial charge >= 0.3 is 6.09 Å². The monoisotopic (exact) mass is 501 g/mol. The molecule has 3 aliphatic rings. The van der Waals surface area contributed by atoms with E-state index in [0.29, 0.717) is 49.1 Å². The largest absolute Gasteiger partial charge is 0.486 e. The van der Waals surface area contributed by atoms with E-state index >= 15 is 0 Å². The van der Waals surface area contributed by atoms with E-state index in [4.69, 9.17) is 21.1 Å². The molecule has 1 atom stereocenters. The Kier molecular flexibility index (Phi) is 6.05. The van der Waals surface area contributed by atoms with Crippen LogP contribution in [0.4, 0.5) is 10.6 Å². The van der Waals surface area contributed by atoms with Crippen LogP contribution in [-0.2, 0) is 19.1 Å². The highest BCUT2D eigenvalue weighted by Crippen LogP contribution is 2.40. The van der Waals surface area contributed by atoms with Crippen LogP contribution < -0.4 is 4.90 Å². The Hall–Kier alpha value is -3.31. The molecule has 12 heteroatoms. The number of pyridine rings is 2. The van der Waals surface area contributed by atoms with Gasteiger partial charge in [-0.3, -0.25) is 9.59 Å². The summed E-state index contributed by atoms with van der Waals surface area (Å²) in [6, 6.07) is 6.88. The lowest BCUT2D eigenvalue weighted by atomic mass is 10.3. The molecule has 0 bridgehead atoms. The van der Waals surface area contributed by atoms with Gasteiger partial charge in [-0.05, 0) is 30.3 Å². The maximum absolute atomic E-state index is 13.2. The molecule has 1 unspecified atom stereocenters. The molecule has 3 amide bonds. The normalized spacial score (nSPS) is 20.3. The fraction of sp³-hybridized carbons (Fsp3) is 0.318. The molecule has 1 saturated heterocycles. The average molecular weight is 502 g/mol. The van der Waals surface area contributed by atoms with Gasteiger partial charge in [0, 0.05) is 37.3 Å². The highest BCUT2D eigenvalue weighted by Gasteiger charge is 2.47. The van der Waals surface area contributed by atoms with Crippen LogP contribution in [0.3, 0.4) is 0 Å². The van der Waals surface area contributed by atoms with Crippen LogP contribution in [0.2, 0.25) is 5.15 Å². The number of carbonyl (C=O) groups is 3. The first-order valence-electron chi connectivity index (χ1n) is 10.6. The zero-order valence-electron chi connectivity index (χ0n) is 18.0. The van der Waals surface area contributed by atoms with Crippen LogP contribution in [0.1, 0.15) is 0 Å². The molecule has 0 radical (unpaired) electrons. The Morgan fingerprint density at radius 2 is 1.88 bits per heavy atom. The van der Waals surface area contributed by atoms with Crippen LogP contribution in [-0.4, -0.2) is 82.4 Å². The van der Waals surface area contributed by atoms with E-state index in [0.717, 1.165) is 5.39 Å². The minimum atomic E-state index is -1.02. The second kappa shape index (κ2) is 9.15. The first kappa shape index (κ1) is 22.5. The van der Waals surface area contributed by atoms with Crippen molar-refractivity contribution in [2.24, 2.45) is 0 Å². The minimum absolute atomic E-state index is 0.163. The van der Waals surface area contributed by atoms with Gasteiger partial charge in [-0.15, -0.1) is 11.8 Å². The first-order valence-corrected chi connectivity index (χ1v) is 12.0. The van der Waals surface area contributed by atoms with Crippen LogP contribution >= 0.6 is 23.4 Å². The van der Waals surface area contributed by atoms with Crippen molar-refractivity contribution in [1.29, 1.82) is 0 Å². The second-order valence-electron chi connectivity index (χ2n) is 7.67. The Balaban J connectivity index is 1.41. The van der Waals surface area contributed by atoms with Gasteiger partial charge in [0.25, 0.3) is 5.91 Å². The number of hydrogen-bond acceptors (Lipinski definition) is 8. The number of fused-ring (bicyclic) bond motifs is 1. The smallest absolute Gasteiger partial charge is 0.412 e. The molecule has 0 saturated carbocycles. The van der Waals surface area contributed by atoms with Gasteiger partial charge in [-0.2, -0.15) is 0 Å². The number of hydrogen-bond donors (Lipinski definition) is 0. The third kappa shape index (κ3) is 4.05. The van der Waals surface area contributed by atoms with Gasteiger partial charge in [-0.1, -0.05) is 18.2 Å². The minimum Gasteiger partial charge on any atom is -0.486 e. The summed E-state index contributed by atoms with van der Waals surface area (Å²) in [6.07, 6.45) is -0.351. The van der Waals surface area contributed by atoms with Crippen LogP contribution in [0.15, 0.2) is 47.6 Å². The highest BCUT2D eigenvalue weighted by atomic mass is 35.5. The van der Waals surface area contributed by atoms with Gasteiger partial charge in [0.2, 0.25) is 12.1 Å². The Labute approximate surface area is 204 Å². The van der Waals surface area contributed by atoms with Gasteiger partial charge < -0.3 is 19.3 Å². The van der Waals surface area contributed by atoms with Gasteiger partial charge in [0.15, 0.2) is 11.4 Å². The first-order chi connectivity index (χ1) is 16.5. The molecule has 0 spiro atoms. The molecule has 3 aliphatic heterocycles. The van der Waals surface area contributed by atoms with E-state index in [9.17, 15) is 14.4 Å². The zero-order valence-corrected chi connectivity index (χ0v) is 19.5. The van der Waals surface area contributed by atoms with Crippen molar-refractivity contribution in [2.75, 3.05) is 43.4 Å². The molecule has 5 heterocycles. The molecule has 10 nitrogen and oxygen atoms in total. The van der Waals surface area contributed by atoms with Crippen molar-refractivity contribution < 1.29 is 23.9 Å². The molecule has 1 fully saturated rings. The molecule has 5 rings (SSSR count). The Morgan fingerprint density at radius 3 is 2.65 bits per heavy atom.